The Bertz CT molecular complexity index is 308. The van der Waals surface area contributed by atoms with Crippen molar-refractivity contribution in [3.05, 3.63) is 21.4 Å². The molecule has 1 aliphatic rings. The van der Waals surface area contributed by atoms with Crippen molar-refractivity contribution in [3.8, 4) is 0 Å². The minimum Gasteiger partial charge on any atom is -0.271 e. The number of amides is 1. The lowest BCUT2D eigenvalue weighted by molar-refractivity contribution is -0.415. The van der Waals surface area contributed by atoms with Gasteiger partial charge in [-0.2, -0.15) is 0 Å². The van der Waals surface area contributed by atoms with Crippen molar-refractivity contribution >= 4 is 34.7 Å². The molecule has 12 heavy (non-hydrogen) atoms. The Morgan fingerprint density at radius 2 is 2.33 bits per heavy atom. The largest absolute Gasteiger partial charge is 0.288 e. The number of nitro groups is 1. The summed E-state index contributed by atoms with van der Waals surface area (Å²) in [6.45, 7) is 1.57. The van der Waals surface area contributed by atoms with E-state index in [0.717, 1.165) is 6.21 Å². The lowest BCUT2D eigenvalue weighted by Crippen LogP contribution is -2.22. The van der Waals surface area contributed by atoms with Gasteiger partial charge in [0, 0.05) is 5.57 Å². The number of halogens is 1. The number of rotatable bonds is 1. The van der Waals surface area contributed by atoms with E-state index in [1.54, 1.807) is 6.92 Å². The van der Waals surface area contributed by atoms with Crippen molar-refractivity contribution in [3.63, 3.8) is 0 Å². The Morgan fingerprint density at radius 1 is 1.75 bits per heavy atom. The molecular weight excluding hydrogens is 275 g/mol. The molecular formula is C6H5IN2O3. The van der Waals surface area contributed by atoms with E-state index in [1.165, 1.54) is 0 Å². The van der Waals surface area contributed by atoms with Crippen LogP contribution in [0.1, 0.15) is 6.92 Å². The van der Waals surface area contributed by atoms with Crippen molar-refractivity contribution in [2.45, 2.75) is 10.8 Å². The number of aliphatic imine (C=N–C) groups is 1. The van der Waals surface area contributed by atoms with E-state index in [4.69, 9.17) is 0 Å². The highest BCUT2D eigenvalue weighted by Gasteiger charge is 2.28. The maximum absolute atomic E-state index is 10.9. The SMILES string of the molecule is CC1=C([N+](=O)[O-])C=NC(=O)C1I. The standard InChI is InChI=1S/C6H5IN2O3/c1-3-4(9(11)12)2-8-6(10)5(3)7/h2,5H,1H3. The molecule has 6 heteroatoms. The highest BCUT2D eigenvalue weighted by Crippen LogP contribution is 2.20. The summed E-state index contributed by atoms with van der Waals surface area (Å²) < 4.78 is -0.493. The first-order valence-electron chi connectivity index (χ1n) is 3.11. The summed E-state index contributed by atoms with van der Waals surface area (Å²) in [6.07, 6.45) is 1.01. The summed E-state index contributed by atoms with van der Waals surface area (Å²) >= 11 is 1.83. The van der Waals surface area contributed by atoms with E-state index >= 15 is 0 Å². The van der Waals surface area contributed by atoms with E-state index in [9.17, 15) is 14.9 Å². The van der Waals surface area contributed by atoms with Gasteiger partial charge in [0.2, 0.25) is 0 Å². The molecule has 0 saturated heterocycles. The van der Waals surface area contributed by atoms with Gasteiger partial charge < -0.3 is 0 Å². The number of hydrogen-bond acceptors (Lipinski definition) is 3. The van der Waals surface area contributed by atoms with Gasteiger partial charge in [-0.1, -0.05) is 22.6 Å². The summed E-state index contributed by atoms with van der Waals surface area (Å²) in [5, 5.41) is 10.4. The lowest BCUT2D eigenvalue weighted by atomic mass is 10.1. The molecule has 0 aromatic carbocycles. The van der Waals surface area contributed by atoms with Crippen LogP contribution in [-0.2, 0) is 4.79 Å². The van der Waals surface area contributed by atoms with Gasteiger partial charge in [-0.05, 0) is 6.92 Å². The van der Waals surface area contributed by atoms with Gasteiger partial charge >= 0.3 is 0 Å². The van der Waals surface area contributed by atoms with E-state index in [1.807, 2.05) is 22.6 Å². The third-order valence-electron chi connectivity index (χ3n) is 1.51. The summed E-state index contributed by atoms with van der Waals surface area (Å²) in [4.78, 5) is 24.1. The van der Waals surface area contributed by atoms with Crippen LogP contribution in [0.15, 0.2) is 16.3 Å². The van der Waals surface area contributed by atoms with E-state index < -0.39 is 8.85 Å². The minimum absolute atomic E-state index is 0.0750. The molecule has 0 aliphatic carbocycles. The minimum atomic E-state index is -0.531. The van der Waals surface area contributed by atoms with Gasteiger partial charge in [0.25, 0.3) is 11.6 Å². The van der Waals surface area contributed by atoms with Crippen LogP contribution >= 0.6 is 22.6 Å². The molecule has 0 fully saturated rings. The van der Waals surface area contributed by atoms with E-state index in [-0.39, 0.29) is 11.6 Å². The predicted octanol–water partition coefficient (Wildman–Crippen LogP) is 0.952. The second kappa shape index (κ2) is 3.30. The first-order valence-corrected chi connectivity index (χ1v) is 4.35. The average molecular weight is 280 g/mol. The third kappa shape index (κ3) is 1.52. The second-order valence-corrected chi connectivity index (χ2v) is 3.53. The Morgan fingerprint density at radius 3 is 2.83 bits per heavy atom. The fourth-order valence-corrected chi connectivity index (χ4v) is 1.28. The fraction of sp³-hybridized carbons (Fsp3) is 0.333. The zero-order valence-corrected chi connectivity index (χ0v) is 8.31. The molecule has 0 saturated carbocycles. The number of alkyl halides is 1. The summed E-state index contributed by atoms with van der Waals surface area (Å²) in [7, 11) is 0. The zero-order valence-electron chi connectivity index (χ0n) is 6.15. The normalized spacial score (nSPS) is 23.2. The second-order valence-electron chi connectivity index (χ2n) is 2.28. The van der Waals surface area contributed by atoms with E-state index in [0.29, 0.717) is 5.57 Å². The van der Waals surface area contributed by atoms with Gasteiger partial charge in [0.1, 0.15) is 10.1 Å². The first kappa shape index (κ1) is 9.30. The van der Waals surface area contributed by atoms with Gasteiger partial charge in [0.15, 0.2) is 0 Å². The highest BCUT2D eigenvalue weighted by atomic mass is 127. The molecule has 1 rings (SSSR count). The quantitative estimate of drug-likeness (QED) is 0.311. The summed E-state index contributed by atoms with van der Waals surface area (Å²) in [5.74, 6) is -0.335. The molecule has 1 amide bonds. The first-order chi connectivity index (χ1) is 5.54. The number of nitrogens with zero attached hydrogens (tertiary/aromatic N) is 2. The molecule has 0 spiro atoms. The smallest absolute Gasteiger partial charge is 0.271 e. The summed E-state index contributed by atoms with van der Waals surface area (Å²) in [6, 6.07) is 0. The van der Waals surface area contributed by atoms with Gasteiger partial charge in [-0.25, -0.2) is 4.99 Å². The van der Waals surface area contributed by atoms with Crippen molar-refractivity contribution in [2.24, 2.45) is 4.99 Å². The highest BCUT2D eigenvalue weighted by molar-refractivity contribution is 14.1. The topological polar surface area (TPSA) is 72.6 Å². The maximum Gasteiger partial charge on any atom is 0.288 e. The predicted molar refractivity (Wildman–Crippen MR) is 51.0 cm³/mol. The van der Waals surface area contributed by atoms with Gasteiger partial charge in [-0.15, -0.1) is 0 Å². The zero-order chi connectivity index (χ0) is 9.30. The number of dihydropyridines is 1. The molecule has 1 unspecified atom stereocenters. The lowest BCUT2D eigenvalue weighted by Gasteiger charge is -2.09. The van der Waals surface area contributed by atoms with Crippen molar-refractivity contribution in [1.29, 1.82) is 0 Å². The number of carbonyl (C=O) groups excluding carboxylic acids is 1. The Hall–Kier alpha value is -0.790. The molecule has 0 aromatic rings. The van der Waals surface area contributed by atoms with Crippen molar-refractivity contribution in [2.75, 3.05) is 0 Å². The molecule has 0 N–H and O–H groups in total. The van der Waals surface area contributed by atoms with Gasteiger partial charge in [-0.3, -0.25) is 14.9 Å². The van der Waals surface area contributed by atoms with Crippen molar-refractivity contribution in [1.82, 2.24) is 0 Å². The number of allylic oxidation sites excluding steroid dienone is 1. The Balaban J connectivity index is 3.10. The maximum atomic E-state index is 10.9. The van der Waals surface area contributed by atoms with Crippen LogP contribution in [0.2, 0.25) is 0 Å². The average Bonchev–Trinajstić information content (AvgIpc) is 2.00. The van der Waals surface area contributed by atoms with Crippen LogP contribution in [0.25, 0.3) is 0 Å². The van der Waals surface area contributed by atoms with Crippen LogP contribution in [0.3, 0.4) is 0 Å². The van der Waals surface area contributed by atoms with Crippen LogP contribution < -0.4 is 0 Å². The molecule has 1 aliphatic heterocycles. The summed E-state index contributed by atoms with van der Waals surface area (Å²) in [5.41, 5.74) is 0.384. The molecule has 1 atom stereocenters. The monoisotopic (exact) mass is 280 g/mol. The fourth-order valence-electron chi connectivity index (χ4n) is 0.798. The molecule has 1 heterocycles. The number of carbonyl (C=O) groups is 1. The van der Waals surface area contributed by atoms with Gasteiger partial charge in [0.05, 0.1) is 4.92 Å². The Kier molecular flexibility index (Phi) is 2.55. The molecule has 0 aromatic heterocycles. The van der Waals surface area contributed by atoms with Crippen LogP contribution in [-0.4, -0.2) is 21.0 Å². The molecule has 0 bridgehead atoms. The number of hydrogen-bond donors (Lipinski definition) is 0. The van der Waals surface area contributed by atoms with E-state index in [2.05, 4.69) is 4.99 Å². The Labute approximate surface area is 81.8 Å². The van der Waals surface area contributed by atoms with Crippen molar-refractivity contribution < 1.29 is 9.72 Å². The third-order valence-corrected chi connectivity index (χ3v) is 2.98. The van der Waals surface area contributed by atoms with Crippen LogP contribution in [0.4, 0.5) is 0 Å². The van der Waals surface area contributed by atoms with Crippen LogP contribution in [0, 0.1) is 10.1 Å². The molecule has 5 nitrogen and oxygen atoms in total. The van der Waals surface area contributed by atoms with Crippen LogP contribution in [0.5, 0.6) is 0 Å². The molecule has 64 valence electrons. The molecule has 0 radical (unpaired) electrons.